The molecule has 3 rings (SSSR count). The maximum atomic E-state index is 6.00. The zero-order chi connectivity index (χ0) is 16.1. The third kappa shape index (κ3) is 3.84. The van der Waals surface area contributed by atoms with E-state index in [4.69, 9.17) is 14.2 Å². The molecule has 0 aliphatic carbocycles. The molecule has 1 atom stereocenters. The van der Waals surface area contributed by atoms with E-state index in [2.05, 4.69) is 29.2 Å². The lowest BCUT2D eigenvalue weighted by Gasteiger charge is -2.33. The van der Waals surface area contributed by atoms with Crippen molar-refractivity contribution >= 4 is 0 Å². The molecule has 122 valence electrons. The third-order valence-electron chi connectivity index (χ3n) is 4.18. The molecule has 2 aromatic carbocycles. The molecule has 1 heterocycles. The lowest BCUT2D eigenvalue weighted by molar-refractivity contribution is -0.0339. The fourth-order valence-corrected chi connectivity index (χ4v) is 2.97. The van der Waals surface area contributed by atoms with E-state index in [-0.39, 0.29) is 6.10 Å². The SMILES string of the molecule is COc1ccc(OC)c([C@@H]2CN(Cc3ccccc3)CCO2)c1. The van der Waals surface area contributed by atoms with Crippen LogP contribution in [0.1, 0.15) is 17.2 Å². The van der Waals surface area contributed by atoms with Gasteiger partial charge in [-0.25, -0.2) is 0 Å². The summed E-state index contributed by atoms with van der Waals surface area (Å²) in [6.45, 7) is 3.45. The molecular weight excluding hydrogens is 290 g/mol. The number of rotatable bonds is 5. The Morgan fingerprint density at radius 1 is 1.09 bits per heavy atom. The van der Waals surface area contributed by atoms with E-state index in [0.29, 0.717) is 0 Å². The molecule has 0 amide bonds. The van der Waals surface area contributed by atoms with Gasteiger partial charge in [-0.2, -0.15) is 0 Å². The van der Waals surface area contributed by atoms with Gasteiger partial charge in [0, 0.05) is 25.2 Å². The summed E-state index contributed by atoms with van der Waals surface area (Å²) in [4.78, 5) is 2.42. The van der Waals surface area contributed by atoms with Crippen molar-refractivity contribution in [2.75, 3.05) is 33.9 Å². The Hall–Kier alpha value is -2.04. The predicted octanol–water partition coefficient (Wildman–Crippen LogP) is 3.28. The summed E-state index contributed by atoms with van der Waals surface area (Å²) < 4.78 is 16.8. The lowest BCUT2D eigenvalue weighted by atomic mass is 10.1. The highest BCUT2D eigenvalue weighted by Gasteiger charge is 2.25. The summed E-state index contributed by atoms with van der Waals surface area (Å²) in [6.07, 6.45) is -0.00230. The fraction of sp³-hybridized carbons (Fsp3) is 0.368. The van der Waals surface area contributed by atoms with Crippen LogP contribution in [-0.2, 0) is 11.3 Å². The third-order valence-corrected chi connectivity index (χ3v) is 4.18. The summed E-state index contributed by atoms with van der Waals surface area (Å²) in [7, 11) is 3.37. The van der Waals surface area contributed by atoms with Crippen LogP contribution in [0.15, 0.2) is 48.5 Å². The van der Waals surface area contributed by atoms with Crippen molar-refractivity contribution in [3.8, 4) is 11.5 Å². The first kappa shape index (κ1) is 15.8. The minimum Gasteiger partial charge on any atom is -0.497 e. The maximum absolute atomic E-state index is 6.00. The average molecular weight is 313 g/mol. The minimum absolute atomic E-state index is 0.00230. The monoisotopic (exact) mass is 313 g/mol. The van der Waals surface area contributed by atoms with E-state index >= 15 is 0 Å². The van der Waals surface area contributed by atoms with E-state index in [1.165, 1.54) is 5.56 Å². The van der Waals surface area contributed by atoms with Crippen LogP contribution in [0.3, 0.4) is 0 Å². The van der Waals surface area contributed by atoms with Crippen molar-refractivity contribution < 1.29 is 14.2 Å². The van der Waals surface area contributed by atoms with Crippen LogP contribution in [0, 0.1) is 0 Å². The molecular formula is C19H23NO3. The van der Waals surface area contributed by atoms with E-state index in [9.17, 15) is 0 Å². The largest absolute Gasteiger partial charge is 0.497 e. The quantitative estimate of drug-likeness (QED) is 0.847. The van der Waals surface area contributed by atoms with Gasteiger partial charge < -0.3 is 14.2 Å². The van der Waals surface area contributed by atoms with Crippen molar-refractivity contribution in [1.82, 2.24) is 4.90 Å². The van der Waals surface area contributed by atoms with Crippen LogP contribution in [0.25, 0.3) is 0 Å². The molecule has 0 spiro atoms. The van der Waals surface area contributed by atoms with E-state index in [1.807, 2.05) is 24.3 Å². The zero-order valence-corrected chi connectivity index (χ0v) is 13.7. The highest BCUT2D eigenvalue weighted by atomic mass is 16.5. The van der Waals surface area contributed by atoms with Gasteiger partial charge in [0.05, 0.1) is 26.9 Å². The maximum Gasteiger partial charge on any atom is 0.124 e. The molecule has 0 radical (unpaired) electrons. The van der Waals surface area contributed by atoms with Crippen molar-refractivity contribution in [3.63, 3.8) is 0 Å². The van der Waals surface area contributed by atoms with Gasteiger partial charge in [-0.15, -0.1) is 0 Å². The second kappa shape index (κ2) is 7.49. The second-order valence-electron chi connectivity index (χ2n) is 5.69. The second-order valence-corrected chi connectivity index (χ2v) is 5.69. The van der Waals surface area contributed by atoms with Gasteiger partial charge in [-0.3, -0.25) is 4.90 Å². The van der Waals surface area contributed by atoms with Gasteiger partial charge in [0.2, 0.25) is 0 Å². The molecule has 0 bridgehead atoms. The summed E-state index contributed by atoms with van der Waals surface area (Å²) in [5, 5.41) is 0. The van der Waals surface area contributed by atoms with Crippen LogP contribution >= 0.6 is 0 Å². The summed E-state index contributed by atoms with van der Waals surface area (Å²) in [6, 6.07) is 16.4. The van der Waals surface area contributed by atoms with Crippen LogP contribution in [0.5, 0.6) is 11.5 Å². The van der Waals surface area contributed by atoms with Crippen LogP contribution in [-0.4, -0.2) is 38.8 Å². The number of methoxy groups -OCH3 is 2. The van der Waals surface area contributed by atoms with E-state index < -0.39 is 0 Å². The first-order valence-corrected chi connectivity index (χ1v) is 7.90. The molecule has 2 aromatic rings. The zero-order valence-electron chi connectivity index (χ0n) is 13.7. The van der Waals surface area contributed by atoms with E-state index in [1.54, 1.807) is 14.2 Å². The molecule has 1 aliphatic rings. The molecule has 23 heavy (non-hydrogen) atoms. The molecule has 1 aliphatic heterocycles. The molecule has 0 N–H and O–H groups in total. The summed E-state index contributed by atoms with van der Waals surface area (Å²) in [5.74, 6) is 1.67. The standard InChI is InChI=1S/C19H23NO3/c1-21-16-8-9-18(22-2)17(12-16)19-14-20(10-11-23-19)13-15-6-4-3-5-7-15/h3-9,12,19H,10-11,13-14H2,1-2H3/t19-/m0/s1. The molecule has 0 unspecified atom stereocenters. The van der Waals surface area contributed by atoms with Crippen LogP contribution in [0.4, 0.5) is 0 Å². The Bertz CT molecular complexity index is 630. The highest BCUT2D eigenvalue weighted by Crippen LogP contribution is 2.33. The predicted molar refractivity (Wildman–Crippen MR) is 90.0 cm³/mol. The van der Waals surface area contributed by atoms with Crippen LogP contribution < -0.4 is 9.47 Å². The Balaban J connectivity index is 1.75. The number of nitrogens with zero attached hydrogens (tertiary/aromatic N) is 1. The van der Waals surface area contributed by atoms with Crippen LogP contribution in [0.2, 0.25) is 0 Å². The molecule has 4 heteroatoms. The van der Waals surface area contributed by atoms with Gasteiger partial charge in [0.15, 0.2) is 0 Å². The van der Waals surface area contributed by atoms with Gasteiger partial charge >= 0.3 is 0 Å². The Kier molecular flexibility index (Phi) is 5.16. The molecule has 0 aromatic heterocycles. The summed E-state index contributed by atoms with van der Waals surface area (Å²) >= 11 is 0. The number of hydrogen-bond acceptors (Lipinski definition) is 4. The Morgan fingerprint density at radius 3 is 2.65 bits per heavy atom. The van der Waals surface area contributed by atoms with Gasteiger partial charge in [-0.05, 0) is 23.8 Å². The minimum atomic E-state index is -0.00230. The highest BCUT2D eigenvalue weighted by molar-refractivity contribution is 5.42. The van der Waals surface area contributed by atoms with Crippen molar-refractivity contribution in [3.05, 3.63) is 59.7 Å². The normalized spacial score (nSPS) is 18.6. The van der Waals surface area contributed by atoms with Gasteiger partial charge in [0.25, 0.3) is 0 Å². The van der Waals surface area contributed by atoms with E-state index in [0.717, 1.165) is 43.3 Å². The first-order valence-electron chi connectivity index (χ1n) is 7.90. The van der Waals surface area contributed by atoms with Crippen molar-refractivity contribution in [2.24, 2.45) is 0 Å². The van der Waals surface area contributed by atoms with Gasteiger partial charge in [-0.1, -0.05) is 30.3 Å². The van der Waals surface area contributed by atoms with Crippen molar-refractivity contribution in [1.29, 1.82) is 0 Å². The lowest BCUT2D eigenvalue weighted by Crippen LogP contribution is -2.37. The smallest absolute Gasteiger partial charge is 0.124 e. The number of hydrogen-bond donors (Lipinski definition) is 0. The molecule has 0 saturated carbocycles. The summed E-state index contributed by atoms with van der Waals surface area (Å²) in [5.41, 5.74) is 2.37. The Morgan fingerprint density at radius 2 is 1.91 bits per heavy atom. The number of ether oxygens (including phenoxy) is 3. The first-order chi connectivity index (χ1) is 11.3. The Labute approximate surface area is 137 Å². The fourth-order valence-electron chi connectivity index (χ4n) is 2.97. The average Bonchev–Trinajstić information content (AvgIpc) is 2.62. The molecule has 4 nitrogen and oxygen atoms in total. The molecule has 1 saturated heterocycles. The van der Waals surface area contributed by atoms with Crippen molar-refractivity contribution in [2.45, 2.75) is 12.6 Å². The topological polar surface area (TPSA) is 30.9 Å². The van der Waals surface area contributed by atoms with Gasteiger partial charge in [0.1, 0.15) is 11.5 Å². The number of benzene rings is 2. The molecule has 1 fully saturated rings. The number of morpholine rings is 1.